The highest BCUT2D eigenvalue weighted by Gasteiger charge is 2.17. The lowest BCUT2D eigenvalue weighted by molar-refractivity contribution is -0.119. The summed E-state index contributed by atoms with van der Waals surface area (Å²) in [4.78, 5) is 25.6. The fourth-order valence-electron chi connectivity index (χ4n) is 3.38. The summed E-state index contributed by atoms with van der Waals surface area (Å²) >= 11 is 1.34. The maximum atomic E-state index is 12.5. The van der Waals surface area contributed by atoms with Crippen LogP contribution in [-0.4, -0.2) is 33.9 Å². The first kappa shape index (κ1) is 21.4. The van der Waals surface area contributed by atoms with Gasteiger partial charge in [-0.2, -0.15) is 0 Å². The van der Waals surface area contributed by atoms with Crippen LogP contribution in [0.5, 0.6) is 0 Å². The van der Waals surface area contributed by atoms with Gasteiger partial charge < -0.3 is 14.5 Å². The average molecular weight is 418 g/mol. The van der Waals surface area contributed by atoms with Gasteiger partial charge in [-0.05, 0) is 25.0 Å². The first-order valence-corrected chi connectivity index (χ1v) is 11.1. The van der Waals surface area contributed by atoms with Crippen LogP contribution in [0.4, 0.5) is 0 Å². The second kappa shape index (κ2) is 11.0. The molecule has 1 amide bonds. The van der Waals surface area contributed by atoms with E-state index >= 15 is 0 Å². The van der Waals surface area contributed by atoms with Crippen molar-refractivity contribution in [2.24, 2.45) is 0 Å². The lowest BCUT2D eigenvalue weighted by Crippen LogP contribution is -2.36. The highest BCUT2D eigenvalue weighted by Crippen LogP contribution is 2.24. The Kier molecular flexibility index (Phi) is 8.10. The number of ether oxygens (including phenoxy) is 1. The van der Waals surface area contributed by atoms with Crippen molar-refractivity contribution in [3.63, 3.8) is 0 Å². The topological polar surface area (TPSA) is 94.3 Å². The van der Waals surface area contributed by atoms with E-state index in [1.54, 1.807) is 19.1 Å². The van der Waals surface area contributed by atoms with Gasteiger partial charge in [-0.15, -0.1) is 22.0 Å². The number of thioether (sulfide) groups is 1. The summed E-state index contributed by atoms with van der Waals surface area (Å²) < 4.78 is 10.5. The van der Waals surface area contributed by atoms with Gasteiger partial charge in [0.1, 0.15) is 0 Å². The van der Waals surface area contributed by atoms with Gasteiger partial charge in [0.2, 0.25) is 11.8 Å². The van der Waals surface area contributed by atoms with E-state index < -0.39 is 5.97 Å². The molecule has 1 aromatic carbocycles. The zero-order chi connectivity index (χ0) is 20.5. The van der Waals surface area contributed by atoms with Gasteiger partial charge in [-0.25, -0.2) is 4.79 Å². The van der Waals surface area contributed by atoms with Crippen molar-refractivity contribution >= 4 is 23.6 Å². The molecular weight excluding hydrogens is 390 g/mol. The summed E-state index contributed by atoms with van der Waals surface area (Å²) in [6.07, 6.45) is 8.25. The van der Waals surface area contributed by atoms with E-state index in [9.17, 15) is 9.59 Å². The van der Waals surface area contributed by atoms with Crippen LogP contribution >= 0.6 is 11.8 Å². The number of hydrogen-bond acceptors (Lipinski definition) is 7. The van der Waals surface area contributed by atoms with Crippen LogP contribution in [0.25, 0.3) is 0 Å². The fourth-order valence-corrected chi connectivity index (χ4v) is 4.23. The van der Waals surface area contributed by atoms with E-state index in [1.165, 1.54) is 43.9 Å². The molecule has 1 heterocycles. The Bertz CT molecular complexity index is 816. The molecule has 1 saturated carbocycles. The largest absolute Gasteiger partial charge is 0.452 e. The minimum Gasteiger partial charge on any atom is -0.452 e. The molecule has 0 saturated heterocycles. The molecule has 1 N–H and O–H groups in total. The van der Waals surface area contributed by atoms with Crippen molar-refractivity contribution in [2.45, 2.75) is 69.4 Å². The predicted molar refractivity (Wildman–Crippen MR) is 110 cm³/mol. The molecule has 1 aromatic heterocycles. The molecule has 3 rings (SSSR count). The summed E-state index contributed by atoms with van der Waals surface area (Å²) in [5.41, 5.74) is 0.424. The van der Waals surface area contributed by atoms with E-state index in [0.29, 0.717) is 16.3 Å². The van der Waals surface area contributed by atoms with Crippen molar-refractivity contribution in [1.82, 2.24) is 15.5 Å². The number of hydrogen-bond donors (Lipinski definition) is 1. The molecule has 0 bridgehead atoms. The summed E-state index contributed by atoms with van der Waals surface area (Å²) in [6, 6.07) is 7.39. The van der Waals surface area contributed by atoms with Crippen molar-refractivity contribution in [1.29, 1.82) is 0 Å². The minimum absolute atomic E-state index is 0.00470. The van der Waals surface area contributed by atoms with Crippen molar-refractivity contribution in [2.75, 3.05) is 5.75 Å². The Hall–Kier alpha value is -2.35. The number of rotatable bonds is 7. The molecule has 0 spiro atoms. The van der Waals surface area contributed by atoms with Crippen LogP contribution < -0.4 is 5.32 Å². The molecule has 0 unspecified atom stereocenters. The Balaban J connectivity index is 1.51. The van der Waals surface area contributed by atoms with Crippen LogP contribution in [0.3, 0.4) is 0 Å². The molecule has 1 aliphatic carbocycles. The zero-order valence-corrected chi connectivity index (χ0v) is 17.5. The Labute approximate surface area is 175 Å². The van der Waals surface area contributed by atoms with Crippen LogP contribution in [0.15, 0.2) is 33.6 Å². The predicted octanol–water partition coefficient (Wildman–Crippen LogP) is 4.06. The lowest BCUT2D eigenvalue weighted by atomic mass is 9.97. The highest BCUT2D eigenvalue weighted by molar-refractivity contribution is 8.00. The fraction of sp³-hybridized carbons (Fsp3) is 0.524. The second-order valence-corrected chi connectivity index (χ2v) is 8.20. The Morgan fingerprint density at radius 3 is 2.59 bits per heavy atom. The molecule has 1 aliphatic rings. The van der Waals surface area contributed by atoms with Gasteiger partial charge in [0.05, 0.1) is 11.3 Å². The van der Waals surface area contributed by atoms with Crippen LogP contribution in [0.2, 0.25) is 0 Å². The van der Waals surface area contributed by atoms with Gasteiger partial charge in [-0.3, -0.25) is 4.79 Å². The molecule has 0 radical (unpaired) electrons. The van der Waals surface area contributed by atoms with Crippen molar-refractivity contribution < 1.29 is 18.7 Å². The molecule has 0 atom stereocenters. The summed E-state index contributed by atoms with van der Waals surface area (Å²) in [5.74, 6) is 0.459. The van der Waals surface area contributed by atoms with E-state index in [2.05, 4.69) is 15.5 Å². The third kappa shape index (κ3) is 6.88. The third-order valence-corrected chi connectivity index (χ3v) is 5.90. The molecule has 7 nitrogen and oxygen atoms in total. The minimum atomic E-state index is -0.482. The van der Waals surface area contributed by atoms with Gasteiger partial charge in [0.15, 0.2) is 6.61 Å². The second-order valence-electron chi connectivity index (χ2n) is 7.19. The number of carbonyl (C=O) groups is 2. The van der Waals surface area contributed by atoms with E-state index in [1.807, 2.05) is 12.1 Å². The number of benzene rings is 1. The number of aryl methyl sites for hydroxylation is 1. The van der Waals surface area contributed by atoms with E-state index in [4.69, 9.17) is 9.15 Å². The molecular formula is C21H27N3O4S. The van der Waals surface area contributed by atoms with Gasteiger partial charge >= 0.3 is 5.97 Å². The summed E-state index contributed by atoms with van der Waals surface area (Å²) in [5, 5.41) is 10.7. The molecule has 29 heavy (non-hydrogen) atoms. The number of amides is 1. The van der Waals surface area contributed by atoms with Gasteiger partial charge in [-0.1, -0.05) is 44.2 Å². The number of aromatic nitrogens is 2. The summed E-state index contributed by atoms with van der Waals surface area (Å²) in [6.45, 7) is 1.59. The third-order valence-electron chi connectivity index (χ3n) is 4.83. The first-order valence-electron chi connectivity index (χ1n) is 10.1. The summed E-state index contributed by atoms with van der Waals surface area (Å²) in [7, 11) is 0. The van der Waals surface area contributed by atoms with Gasteiger partial charge in [0.25, 0.3) is 5.89 Å². The zero-order valence-electron chi connectivity index (χ0n) is 16.7. The number of carbonyl (C=O) groups excluding carboxylic acids is 2. The smallest absolute Gasteiger partial charge is 0.339 e. The SMILES string of the molecule is Cc1nnc(COC(=O)c2ccccc2SCC(=O)NC2CCCCCCC2)o1. The van der Waals surface area contributed by atoms with Crippen LogP contribution in [0.1, 0.15) is 67.1 Å². The van der Waals surface area contributed by atoms with Crippen LogP contribution in [0, 0.1) is 6.92 Å². The maximum absolute atomic E-state index is 12.5. The number of esters is 1. The van der Waals surface area contributed by atoms with Gasteiger partial charge in [0, 0.05) is 17.9 Å². The highest BCUT2D eigenvalue weighted by atomic mass is 32.2. The Morgan fingerprint density at radius 1 is 1.14 bits per heavy atom. The van der Waals surface area contributed by atoms with E-state index in [0.717, 1.165) is 12.8 Å². The molecule has 2 aromatic rings. The molecule has 8 heteroatoms. The lowest BCUT2D eigenvalue weighted by Gasteiger charge is -2.21. The maximum Gasteiger partial charge on any atom is 0.339 e. The van der Waals surface area contributed by atoms with Crippen molar-refractivity contribution in [3.8, 4) is 0 Å². The first-order chi connectivity index (χ1) is 14.1. The molecule has 156 valence electrons. The number of nitrogens with one attached hydrogen (secondary N) is 1. The monoisotopic (exact) mass is 417 g/mol. The standard InChI is InChI=1S/C21H27N3O4S/c1-15-23-24-20(28-15)13-27-21(26)17-11-7-8-12-18(17)29-14-19(25)22-16-9-5-3-2-4-6-10-16/h7-8,11-12,16H,2-6,9-10,13-14H2,1H3,(H,22,25). The average Bonchev–Trinajstić information content (AvgIpc) is 3.12. The van der Waals surface area contributed by atoms with Crippen molar-refractivity contribution in [3.05, 3.63) is 41.6 Å². The quantitative estimate of drug-likeness (QED) is 0.536. The van der Waals surface area contributed by atoms with E-state index in [-0.39, 0.29) is 30.2 Å². The number of nitrogens with zero attached hydrogens (tertiary/aromatic N) is 2. The normalized spacial score (nSPS) is 15.3. The Morgan fingerprint density at radius 2 is 1.86 bits per heavy atom. The molecule has 0 aliphatic heterocycles. The van der Waals surface area contributed by atoms with Crippen LogP contribution in [-0.2, 0) is 16.1 Å². The molecule has 1 fully saturated rings.